The third kappa shape index (κ3) is 7.87. The number of hydrogen-bond donors (Lipinski definition) is 2. The van der Waals surface area contributed by atoms with Crippen LogP contribution in [0.3, 0.4) is 0 Å². The average molecular weight is 264 g/mol. The summed E-state index contributed by atoms with van der Waals surface area (Å²) in [5, 5.41) is 11.2. The van der Waals surface area contributed by atoms with Gasteiger partial charge in [0.05, 0.1) is 12.5 Å². The number of urea groups is 1. The summed E-state index contributed by atoms with van der Waals surface area (Å²) < 4.78 is 4.95. The Morgan fingerprint density at radius 1 is 1.53 bits per heavy atom. The van der Waals surface area contributed by atoms with Crippen LogP contribution >= 0.6 is 11.8 Å². The number of amides is 2. The van der Waals surface area contributed by atoms with Crippen LogP contribution < -0.4 is 5.32 Å². The molecule has 0 saturated carbocycles. The Morgan fingerprint density at radius 2 is 2.18 bits per heavy atom. The van der Waals surface area contributed by atoms with Crippen molar-refractivity contribution >= 4 is 23.8 Å². The number of hydrogen-bond acceptors (Lipinski definition) is 4. The third-order valence-corrected chi connectivity index (χ3v) is 2.78. The molecule has 0 aromatic heterocycles. The van der Waals surface area contributed by atoms with Crippen LogP contribution in [-0.2, 0) is 9.53 Å². The number of nitrogens with one attached hydrogen (secondary N) is 1. The molecule has 6 nitrogen and oxygen atoms in total. The minimum atomic E-state index is -0.943. The summed E-state index contributed by atoms with van der Waals surface area (Å²) in [6.45, 7) is 0.856. The second kappa shape index (κ2) is 9.12. The minimum Gasteiger partial charge on any atom is -0.481 e. The van der Waals surface area contributed by atoms with E-state index >= 15 is 0 Å². The molecule has 0 aliphatic rings. The molecule has 0 radical (unpaired) electrons. The highest BCUT2D eigenvalue weighted by atomic mass is 32.2. The Hall–Kier alpha value is -0.950. The maximum Gasteiger partial charge on any atom is 0.317 e. The van der Waals surface area contributed by atoms with Gasteiger partial charge in [-0.1, -0.05) is 0 Å². The van der Waals surface area contributed by atoms with Crippen LogP contribution in [0.4, 0.5) is 4.79 Å². The second-order valence-electron chi connectivity index (χ2n) is 3.56. The van der Waals surface area contributed by atoms with Crippen molar-refractivity contribution in [1.29, 1.82) is 0 Å². The molecule has 0 aromatic rings. The lowest BCUT2D eigenvalue weighted by atomic mass is 10.2. The Balaban J connectivity index is 3.90. The summed E-state index contributed by atoms with van der Waals surface area (Å²) in [4.78, 5) is 23.6. The highest BCUT2D eigenvalue weighted by Gasteiger charge is 2.14. The van der Waals surface area contributed by atoms with Crippen molar-refractivity contribution in [3.8, 4) is 0 Å². The molecule has 0 rings (SSSR count). The topological polar surface area (TPSA) is 78.9 Å². The molecule has 0 aliphatic carbocycles. The van der Waals surface area contributed by atoms with Crippen LogP contribution in [-0.4, -0.2) is 67.4 Å². The van der Waals surface area contributed by atoms with Crippen LogP contribution in [0.2, 0.25) is 0 Å². The third-order valence-electron chi connectivity index (χ3n) is 2.19. The van der Waals surface area contributed by atoms with E-state index in [2.05, 4.69) is 5.32 Å². The minimum absolute atomic E-state index is 0.120. The fourth-order valence-electron chi connectivity index (χ4n) is 1.10. The van der Waals surface area contributed by atoms with E-state index in [1.165, 1.54) is 7.11 Å². The van der Waals surface area contributed by atoms with Gasteiger partial charge in [0.15, 0.2) is 0 Å². The van der Waals surface area contributed by atoms with Crippen molar-refractivity contribution in [3.05, 3.63) is 0 Å². The van der Waals surface area contributed by atoms with Crippen molar-refractivity contribution in [2.24, 2.45) is 0 Å². The molecule has 0 spiro atoms. The van der Waals surface area contributed by atoms with Gasteiger partial charge in [-0.2, -0.15) is 11.8 Å². The summed E-state index contributed by atoms with van der Waals surface area (Å²) in [5.41, 5.74) is 0. The van der Waals surface area contributed by atoms with E-state index in [0.29, 0.717) is 6.54 Å². The Morgan fingerprint density at radius 3 is 2.65 bits per heavy atom. The molecular weight excluding hydrogens is 244 g/mol. The summed E-state index contributed by atoms with van der Waals surface area (Å²) in [7, 11) is 3.13. The average Bonchev–Trinajstić information content (AvgIpc) is 2.30. The monoisotopic (exact) mass is 264 g/mol. The van der Waals surface area contributed by atoms with Gasteiger partial charge in [0, 0.05) is 33.0 Å². The first-order valence-electron chi connectivity index (χ1n) is 5.23. The van der Waals surface area contributed by atoms with E-state index in [1.54, 1.807) is 23.7 Å². The molecule has 2 amide bonds. The van der Waals surface area contributed by atoms with Gasteiger partial charge in [0.25, 0.3) is 0 Å². The number of rotatable bonds is 8. The zero-order chi connectivity index (χ0) is 13.3. The zero-order valence-corrected chi connectivity index (χ0v) is 11.2. The number of ether oxygens (including phenoxy) is 1. The molecule has 0 heterocycles. The fraction of sp³-hybridized carbons (Fsp3) is 0.800. The molecule has 100 valence electrons. The highest BCUT2D eigenvalue weighted by molar-refractivity contribution is 7.98. The Kier molecular flexibility index (Phi) is 8.61. The fourth-order valence-corrected chi connectivity index (χ4v) is 1.56. The Labute approximate surface area is 106 Å². The van der Waals surface area contributed by atoms with Crippen LogP contribution in [0.5, 0.6) is 0 Å². The van der Waals surface area contributed by atoms with E-state index in [1.807, 2.05) is 6.26 Å². The summed E-state index contributed by atoms with van der Waals surface area (Å²) in [6.07, 6.45) is 1.36. The first kappa shape index (κ1) is 16.1. The number of thioether (sulfide) groups is 1. The molecule has 0 fully saturated rings. The lowest BCUT2D eigenvalue weighted by Crippen LogP contribution is -2.42. The van der Waals surface area contributed by atoms with Crippen LogP contribution in [0.1, 0.15) is 6.42 Å². The normalized spacial score (nSPS) is 11.9. The number of carbonyl (C=O) groups excluding carboxylic acids is 1. The maximum atomic E-state index is 11.6. The van der Waals surface area contributed by atoms with Gasteiger partial charge < -0.3 is 20.1 Å². The van der Waals surface area contributed by atoms with Crippen LogP contribution in [0.15, 0.2) is 0 Å². The zero-order valence-electron chi connectivity index (χ0n) is 10.4. The number of carboxylic acids is 1. The number of methoxy groups -OCH3 is 1. The molecule has 1 atom stereocenters. The van der Waals surface area contributed by atoms with Gasteiger partial charge in [-0.05, 0) is 6.26 Å². The number of carbonyl (C=O) groups is 2. The summed E-state index contributed by atoms with van der Waals surface area (Å²) >= 11 is 1.66. The molecule has 2 N–H and O–H groups in total. The highest BCUT2D eigenvalue weighted by Crippen LogP contribution is 1.97. The smallest absolute Gasteiger partial charge is 0.317 e. The van der Waals surface area contributed by atoms with Crippen LogP contribution in [0, 0.1) is 0 Å². The first-order valence-corrected chi connectivity index (χ1v) is 6.63. The standard InChI is InChI=1S/C10H20N2O4S/c1-12(4-5-17-3)10(15)11-7-8(16-2)6-9(13)14/h8H,4-7H2,1-3H3,(H,11,15)(H,13,14). The number of carboxylic acid groups (broad SMARTS) is 1. The molecule has 7 heteroatoms. The van der Waals surface area contributed by atoms with Gasteiger partial charge in [-0.3, -0.25) is 4.79 Å². The molecule has 0 aliphatic heterocycles. The van der Waals surface area contributed by atoms with E-state index in [-0.39, 0.29) is 19.0 Å². The van der Waals surface area contributed by atoms with Gasteiger partial charge in [0.1, 0.15) is 0 Å². The molecule has 0 bridgehead atoms. The number of nitrogens with zero attached hydrogens (tertiary/aromatic N) is 1. The van der Waals surface area contributed by atoms with Crippen molar-refractivity contribution in [3.63, 3.8) is 0 Å². The predicted molar refractivity (Wildman–Crippen MR) is 67.5 cm³/mol. The van der Waals surface area contributed by atoms with Crippen LogP contribution in [0.25, 0.3) is 0 Å². The summed E-state index contributed by atoms with van der Waals surface area (Å²) in [6, 6.07) is -0.216. The molecule has 1 unspecified atom stereocenters. The first-order chi connectivity index (χ1) is 8.01. The SMILES string of the molecule is COC(CNC(=O)N(C)CCSC)CC(=O)O. The molecule has 0 aromatic carbocycles. The molecule has 0 saturated heterocycles. The van der Waals surface area contributed by atoms with Crippen molar-refractivity contribution in [2.75, 3.05) is 39.3 Å². The molecule has 17 heavy (non-hydrogen) atoms. The largest absolute Gasteiger partial charge is 0.481 e. The van der Waals surface area contributed by atoms with E-state index in [0.717, 1.165) is 5.75 Å². The van der Waals surface area contributed by atoms with Crippen molar-refractivity contribution in [1.82, 2.24) is 10.2 Å². The number of aliphatic carboxylic acids is 1. The van der Waals surface area contributed by atoms with E-state index in [4.69, 9.17) is 9.84 Å². The summed E-state index contributed by atoms with van der Waals surface area (Å²) in [5.74, 6) is -0.0749. The van der Waals surface area contributed by atoms with E-state index < -0.39 is 12.1 Å². The molecular formula is C10H20N2O4S. The maximum absolute atomic E-state index is 11.6. The Bertz CT molecular complexity index is 250. The quantitative estimate of drug-likeness (QED) is 0.666. The second-order valence-corrected chi connectivity index (χ2v) is 4.54. The lowest BCUT2D eigenvalue weighted by molar-refractivity contribution is -0.139. The lowest BCUT2D eigenvalue weighted by Gasteiger charge is -2.19. The van der Waals surface area contributed by atoms with Crippen molar-refractivity contribution in [2.45, 2.75) is 12.5 Å². The van der Waals surface area contributed by atoms with E-state index in [9.17, 15) is 9.59 Å². The predicted octanol–water partition coefficient (Wildman–Crippen LogP) is 0.480. The van der Waals surface area contributed by atoms with Gasteiger partial charge in [-0.25, -0.2) is 4.79 Å². The van der Waals surface area contributed by atoms with Gasteiger partial charge in [0.2, 0.25) is 0 Å². The van der Waals surface area contributed by atoms with Crippen molar-refractivity contribution < 1.29 is 19.4 Å². The van der Waals surface area contributed by atoms with Gasteiger partial charge in [-0.15, -0.1) is 0 Å². The van der Waals surface area contributed by atoms with Gasteiger partial charge >= 0.3 is 12.0 Å².